The van der Waals surface area contributed by atoms with E-state index in [9.17, 15) is 5.11 Å². The molecule has 0 heterocycles. The molecule has 1 rings (SSSR count). The van der Waals surface area contributed by atoms with Gasteiger partial charge >= 0.3 is 0 Å². The quantitative estimate of drug-likeness (QED) is 0.603. The highest BCUT2D eigenvalue weighted by molar-refractivity contribution is 4.85. The molecule has 3 nitrogen and oxygen atoms in total. The lowest BCUT2D eigenvalue weighted by molar-refractivity contribution is -0.0602. The smallest absolute Gasteiger partial charge is 0.109 e. The van der Waals surface area contributed by atoms with E-state index in [-0.39, 0.29) is 18.3 Å². The van der Waals surface area contributed by atoms with Gasteiger partial charge in [0.15, 0.2) is 0 Å². The molecule has 3 unspecified atom stereocenters. The third-order valence-corrected chi connectivity index (χ3v) is 2.07. The van der Waals surface area contributed by atoms with Crippen molar-refractivity contribution < 1.29 is 14.6 Å². The molecule has 1 saturated carbocycles. The van der Waals surface area contributed by atoms with Crippen LogP contribution in [0.1, 0.15) is 12.8 Å². The Hall–Kier alpha value is -0.120. The van der Waals surface area contributed by atoms with Gasteiger partial charge in [-0.15, -0.1) is 0 Å². The average molecular weight is 146 g/mol. The predicted octanol–water partition coefficient (Wildman–Crippen LogP) is 0.171. The van der Waals surface area contributed by atoms with E-state index in [1.165, 1.54) is 0 Å². The van der Waals surface area contributed by atoms with Crippen LogP contribution in [0.5, 0.6) is 0 Å². The molecule has 0 bridgehead atoms. The van der Waals surface area contributed by atoms with Crippen molar-refractivity contribution in [1.82, 2.24) is 0 Å². The van der Waals surface area contributed by atoms with Crippen LogP contribution < -0.4 is 0 Å². The van der Waals surface area contributed by atoms with Crippen LogP contribution in [0, 0.1) is 0 Å². The van der Waals surface area contributed by atoms with E-state index in [1.807, 2.05) is 0 Å². The topological polar surface area (TPSA) is 38.7 Å². The van der Waals surface area contributed by atoms with Gasteiger partial charge in [-0.05, 0) is 12.8 Å². The summed E-state index contributed by atoms with van der Waals surface area (Å²) in [6.07, 6.45) is 1.31. The van der Waals surface area contributed by atoms with Crippen molar-refractivity contribution in [3.8, 4) is 0 Å². The van der Waals surface area contributed by atoms with Crippen molar-refractivity contribution in [3.05, 3.63) is 0 Å². The van der Waals surface area contributed by atoms with Gasteiger partial charge in [-0.1, -0.05) is 0 Å². The molecule has 0 aromatic heterocycles. The minimum Gasteiger partial charge on any atom is -0.390 e. The number of rotatable bonds is 2. The van der Waals surface area contributed by atoms with E-state index in [0.717, 1.165) is 12.8 Å². The van der Waals surface area contributed by atoms with Gasteiger partial charge in [-0.25, -0.2) is 0 Å². The zero-order valence-corrected chi connectivity index (χ0v) is 6.41. The van der Waals surface area contributed by atoms with Gasteiger partial charge in [-0.2, -0.15) is 0 Å². The van der Waals surface area contributed by atoms with Gasteiger partial charge in [0.05, 0.1) is 12.2 Å². The summed E-state index contributed by atoms with van der Waals surface area (Å²) in [6.45, 7) is 0. The molecular formula is C7H14O3. The van der Waals surface area contributed by atoms with Crippen LogP contribution in [0.15, 0.2) is 0 Å². The number of aliphatic hydroxyl groups is 1. The fourth-order valence-electron chi connectivity index (χ4n) is 1.47. The molecule has 3 atom stereocenters. The summed E-state index contributed by atoms with van der Waals surface area (Å²) < 4.78 is 10.2. The second kappa shape index (κ2) is 3.32. The zero-order chi connectivity index (χ0) is 7.56. The highest BCUT2D eigenvalue weighted by Gasteiger charge is 2.34. The van der Waals surface area contributed by atoms with E-state index in [4.69, 9.17) is 9.47 Å². The van der Waals surface area contributed by atoms with Crippen molar-refractivity contribution in [1.29, 1.82) is 0 Å². The molecule has 60 valence electrons. The highest BCUT2D eigenvalue weighted by Crippen LogP contribution is 2.24. The summed E-state index contributed by atoms with van der Waals surface area (Å²) >= 11 is 0. The maximum absolute atomic E-state index is 9.29. The van der Waals surface area contributed by atoms with Crippen LogP contribution in [-0.4, -0.2) is 37.6 Å². The van der Waals surface area contributed by atoms with E-state index in [1.54, 1.807) is 14.2 Å². The van der Waals surface area contributed by atoms with Gasteiger partial charge in [0.1, 0.15) is 6.10 Å². The third kappa shape index (κ3) is 1.31. The SMILES string of the molecule is COC1CCC(O)C1OC. The molecule has 0 spiro atoms. The lowest BCUT2D eigenvalue weighted by Crippen LogP contribution is -2.32. The molecule has 1 aliphatic rings. The first-order valence-corrected chi connectivity index (χ1v) is 3.53. The van der Waals surface area contributed by atoms with Crippen LogP contribution in [0.3, 0.4) is 0 Å². The molecule has 1 aliphatic carbocycles. The second-order valence-corrected chi connectivity index (χ2v) is 2.62. The maximum Gasteiger partial charge on any atom is 0.109 e. The molecule has 0 aromatic carbocycles. The van der Waals surface area contributed by atoms with Crippen molar-refractivity contribution >= 4 is 0 Å². The largest absolute Gasteiger partial charge is 0.390 e. The Morgan fingerprint density at radius 3 is 2.30 bits per heavy atom. The monoisotopic (exact) mass is 146 g/mol. The average Bonchev–Trinajstić information content (AvgIpc) is 2.30. The van der Waals surface area contributed by atoms with Gasteiger partial charge in [0, 0.05) is 14.2 Å². The van der Waals surface area contributed by atoms with E-state index >= 15 is 0 Å². The number of methoxy groups -OCH3 is 2. The molecule has 0 aromatic rings. The van der Waals surface area contributed by atoms with Crippen LogP contribution in [0.2, 0.25) is 0 Å². The van der Waals surface area contributed by atoms with Crippen LogP contribution in [-0.2, 0) is 9.47 Å². The van der Waals surface area contributed by atoms with Gasteiger partial charge < -0.3 is 14.6 Å². The fourth-order valence-corrected chi connectivity index (χ4v) is 1.47. The van der Waals surface area contributed by atoms with Gasteiger partial charge in [0.25, 0.3) is 0 Å². The summed E-state index contributed by atoms with van der Waals surface area (Å²) in [5, 5.41) is 9.29. The summed E-state index contributed by atoms with van der Waals surface area (Å²) in [4.78, 5) is 0. The van der Waals surface area contributed by atoms with E-state index in [0.29, 0.717) is 0 Å². The minimum absolute atomic E-state index is 0.0833. The molecule has 10 heavy (non-hydrogen) atoms. The third-order valence-electron chi connectivity index (χ3n) is 2.07. The molecule has 0 amide bonds. The minimum atomic E-state index is -0.338. The molecule has 0 radical (unpaired) electrons. The summed E-state index contributed by atoms with van der Waals surface area (Å²) in [6, 6.07) is 0. The first-order chi connectivity index (χ1) is 4.79. The van der Waals surface area contributed by atoms with Gasteiger partial charge in [0.2, 0.25) is 0 Å². The predicted molar refractivity (Wildman–Crippen MR) is 36.8 cm³/mol. The Morgan fingerprint density at radius 1 is 1.20 bits per heavy atom. The van der Waals surface area contributed by atoms with E-state index in [2.05, 4.69) is 0 Å². The van der Waals surface area contributed by atoms with Crippen LogP contribution in [0.25, 0.3) is 0 Å². The molecule has 3 heteroatoms. The summed E-state index contributed by atoms with van der Waals surface area (Å²) in [5.74, 6) is 0. The first-order valence-electron chi connectivity index (χ1n) is 3.53. The molecule has 1 fully saturated rings. The molecule has 1 N–H and O–H groups in total. The lowest BCUT2D eigenvalue weighted by Gasteiger charge is -2.18. The Kier molecular flexibility index (Phi) is 2.65. The molecule has 0 saturated heterocycles. The Balaban J connectivity index is 2.45. The van der Waals surface area contributed by atoms with Crippen molar-refractivity contribution in [2.45, 2.75) is 31.2 Å². The maximum atomic E-state index is 9.29. The van der Waals surface area contributed by atoms with Crippen LogP contribution >= 0.6 is 0 Å². The number of hydrogen-bond acceptors (Lipinski definition) is 3. The number of hydrogen-bond donors (Lipinski definition) is 1. The van der Waals surface area contributed by atoms with Crippen LogP contribution in [0.4, 0.5) is 0 Å². The summed E-state index contributed by atoms with van der Waals surface area (Å²) in [5.41, 5.74) is 0. The zero-order valence-electron chi connectivity index (χ0n) is 6.41. The van der Waals surface area contributed by atoms with E-state index < -0.39 is 0 Å². The first kappa shape index (κ1) is 7.98. The molecular weight excluding hydrogens is 132 g/mol. The molecule has 0 aliphatic heterocycles. The summed E-state index contributed by atoms with van der Waals surface area (Å²) in [7, 11) is 3.25. The Bertz CT molecular complexity index is 105. The Morgan fingerprint density at radius 2 is 1.90 bits per heavy atom. The normalized spacial score (nSPS) is 40.5. The Labute approximate surface area is 60.9 Å². The van der Waals surface area contributed by atoms with Crippen molar-refractivity contribution in [3.63, 3.8) is 0 Å². The lowest BCUT2D eigenvalue weighted by atomic mass is 10.2. The van der Waals surface area contributed by atoms with Crippen molar-refractivity contribution in [2.75, 3.05) is 14.2 Å². The van der Waals surface area contributed by atoms with Gasteiger partial charge in [-0.3, -0.25) is 0 Å². The highest BCUT2D eigenvalue weighted by atomic mass is 16.5. The van der Waals surface area contributed by atoms with Crippen molar-refractivity contribution in [2.24, 2.45) is 0 Å². The number of ether oxygens (including phenoxy) is 2. The second-order valence-electron chi connectivity index (χ2n) is 2.62. The number of aliphatic hydroxyl groups excluding tert-OH is 1. The standard InChI is InChI=1S/C7H14O3/c1-9-6-4-3-5(8)7(6)10-2/h5-8H,3-4H2,1-2H3. The fraction of sp³-hybridized carbons (Fsp3) is 1.00.